The zero-order valence-electron chi connectivity index (χ0n) is 7.21. The van der Waals surface area contributed by atoms with Gasteiger partial charge in [0, 0.05) is 26.1 Å². The van der Waals surface area contributed by atoms with Crippen molar-refractivity contribution in [2.45, 2.75) is 39.3 Å². The van der Waals surface area contributed by atoms with Gasteiger partial charge in [0.25, 0.3) is 0 Å². The molecular weight excluding hydrogens is 144 g/mol. The van der Waals surface area contributed by atoms with Crippen LogP contribution < -0.4 is 0 Å². The van der Waals surface area contributed by atoms with Gasteiger partial charge in [-0.25, -0.2) is 0 Å². The average Bonchev–Trinajstić information content (AvgIpc) is 2.38. The van der Waals surface area contributed by atoms with Crippen LogP contribution in [0.1, 0.15) is 26.7 Å². The van der Waals surface area contributed by atoms with Gasteiger partial charge in [0.1, 0.15) is 0 Å². The second-order valence-electron chi connectivity index (χ2n) is 2.48. The Kier molecular flexibility index (Phi) is 3.83. The Balaban J connectivity index is 2.12. The van der Waals surface area contributed by atoms with Crippen LogP contribution in [0.2, 0.25) is 0 Å². The molecule has 1 fully saturated rings. The molecule has 0 saturated carbocycles. The molecule has 1 aliphatic heterocycles. The maximum absolute atomic E-state index is 5.40. The first-order valence-electron chi connectivity index (χ1n) is 4.25. The lowest BCUT2D eigenvalue weighted by atomic mass is 10.3. The minimum Gasteiger partial charge on any atom is -0.353 e. The van der Waals surface area contributed by atoms with Gasteiger partial charge in [-0.1, -0.05) is 0 Å². The molecule has 0 spiro atoms. The normalized spacial score (nSPS) is 31.1. The van der Waals surface area contributed by atoms with Crippen molar-refractivity contribution < 1.29 is 14.2 Å². The van der Waals surface area contributed by atoms with E-state index in [1.165, 1.54) is 0 Å². The summed E-state index contributed by atoms with van der Waals surface area (Å²) in [7, 11) is 0. The summed E-state index contributed by atoms with van der Waals surface area (Å²) in [6.45, 7) is 5.36. The van der Waals surface area contributed by atoms with Crippen molar-refractivity contribution in [3.05, 3.63) is 0 Å². The molecule has 66 valence electrons. The predicted octanol–water partition coefficient (Wildman–Crippen LogP) is 1.52. The third-order valence-electron chi connectivity index (χ3n) is 1.65. The molecule has 3 nitrogen and oxygen atoms in total. The Morgan fingerprint density at radius 2 is 1.55 bits per heavy atom. The molecule has 0 aromatic carbocycles. The maximum Gasteiger partial charge on any atom is 0.160 e. The summed E-state index contributed by atoms with van der Waals surface area (Å²) in [5.41, 5.74) is 0. The van der Waals surface area contributed by atoms with Gasteiger partial charge in [-0.05, 0) is 13.8 Å². The molecule has 11 heavy (non-hydrogen) atoms. The van der Waals surface area contributed by atoms with Crippen LogP contribution in [0.15, 0.2) is 0 Å². The second kappa shape index (κ2) is 4.70. The number of hydrogen-bond donors (Lipinski definition) is 0. The highest BCUT2D eigenvalue weighted by molar-refractivity contribution is 4.59. The third kappa shape index (κ3) is 2.77. The second-order valence-corrected chi connectivity index (χ2v) is 2.48. The minimum absolute atomic E-state index is 0.0310. The summed E-state index contributed by atoms with van der Waals surface area (Å²) in [4.78, 5) is 0. The average molecular weight is 160 g/mol. The molecule has 0 radical (unpaired) electrons. The van der Waals surface area contributed by atoms with E-state index in [0.717, 1.165) is 12.8 Å². The summed E-state index contributed by atoms with van der Waals surface area (Å²) in [6, 6.07) is 0. The molecule has 0 aromatic heterocycles. The summed E-state index contributed by atoms with van der Waals surface area (Å²) >= 11 is 0. The molecule has 0 amide bonds. The molecule has 0 aromatic rings. The number of ether oxygens (including phenoxy) is 3. The van der Waals surface area contributed by atoms with Gasteiger partial charge in [0.2, 0.25) is 0 Å². The first-order chi connectivity index (χ1) is 5.36. The predicted molar refractivity (Wildman–Crippen MR) is 41.1 cm³/mol. The van der Waals surface area contributed by atoms with Gasteiger partial charge in [-0.3, -0.25) is 0 Å². The molecule has 0 N–H and O–H groups in total. The standard InChI is InChI=1S/C8H16O3/c1-3-9-7-5-6-8(11-7)10-4-2/h7-8H,3-6H2,1-2H3/t7-,8-/m1/s1. The minimum atomic E-state index is -0.0310. The summed E-state index contributed by atoms with van der Waals surface area (Å²) in [5.74, 6) is 0. The molecule has 3 heteroatoms. The molecule has 1 saturated heterocycles. The van der Waals surface area contributed by atoms with Gasteiger partial charge in [-0.15, -0.1) is 0 Å². The SMILES string of the molecule is CCO[C@H]1CC[C@H](OCC)O1. The van der Waals surface area contributed by atoms with Crippen molar-refractivity contribution in [3.63, 3.8) is 0 Å². The van der Waals surface area contributed by atoms with E-state index in [2.05, 4.69) is 0 Å². The zero-order valence-corrected chi connectivity index (χ0v) is 7.21. The van der Waals surface area contributed by atoms with Crippen molar-refractivity contribution in [2.75, 3.05) is 13.2 Å². The highest BCUT2D eigenvalue weighted by atomic mass is 16.8. The van der Waals surface area contributed by atoms with Gasteiger partial charge in [-0.2, -0.15) is 0 Å². The van der Waals surface area contributed by atoms with Crippen LogP contribution in [0.25, 0.3) is 0 Å². The largest absolute Gasteiger partial charge is 0.353 e. The fourth-order valence-corrected chi connectivity index (χ4v) is 1.19. The molecule has 0 bridgehead atoms. The molecule has 1 heterocycles. The first kappa shape index (κ1) is 8.97. The lowest BCUT2D eigenvalue weighted by molar-refractivity contribution is -0.201. The van der Waals surface area contributed by atoms with Crippen LogP contribution in [0.3, 0.4) is 0 Å². The van der Waals surface area contributed by atoms with Crippen LogP contribution in [0.5, 0.6) is 0 Å². The Labute approximate surface area is 67.6 Å². The molecule has 0 unspecified atom stereocenters. The molecule has 1 aliphatic rings. The highest BCUT2D eigenvalue weighted by Crippen LogP contribution is 2.20. The van der Waals surface area contributed by atoms with Crippen molar-refractivity contribution in [1.29, 1.82) is 0 Å². The maximum atomic E-state index is 5.40. The smallest absolute Gasteiger partial charge is 0.160 e. The monoisotopic (exact) mass is 160 g/mol. The van der Waals surface area contributed by atoms with Crippen LogP contribution in [-0.4, -0.2) is 25.8 Å². The Morgan fingerprint density at radius 3 is 1.91 bits per heavy atom. The van der Waals surface area contributed by atoms with Crippen LogP contribution >= 0.6 is 0 Å². The molecule has 2 atom stereocenters. The Morgan fingerprint density at radius 1 is 1.09 bits per heavy atom. The number of hydrogen-bond acceptors (Lipinski definition) is 3. The van der Waals surface area contributed by atoms with E-state index >= 15 is 0 Å². The van der Waals surface area contributed by atoms with Gasteiger partial charge in [0.15, 0.2) is 12.6 Å². The van der Waals surface area contributed by atoms with Crippen molar-refractivity contribution >= 4 is 0 Å². The lowest BCUT2D eigenvalue weighted by Gasteiger charge is -2.12. The van der Waals surface area contributed by atoms with E-state index in [4.69, 9.17) is 14.2 Å². The Hall–Kier alpha value is -0.120. The van der Waals surface area contributed by atoms with E-state index in [-0.39, 0.29) is 12.6 Å². The van der Waals surface area contributed by atoms with E-state index in [9.17, 15) is 0 Å². The highest BCUT2D eigenvalue weighted by Gasteiger charge is 2.25. The van der Waals surface area contributed by atoms with Crippen molar-refractivity contribution in [2.24, 2.45) is 0 Å². The van der Waals surface area contributed by atoms with Crippen LogP contribution in [0, 0.1) is 0 Å². The fraction of sp³-hybridized carbons (Fsp3) is 1.00. The molecular formula is C8H16O3. The van der Waals surface area contributed by atoms with Crippen LogP contribution in [-0.2, 0) is 14.2 Å². The van der Waals surface area contributed by atoms with E-state index < -0.39 is 0 Å². The summed E-state index contributed by atoms with van der Waals surface area (Å²) in [6.07, 6.45) is 1.85. The van der Waals surface area contributed by atoms with Crippen molar-refractivity contribution in [3.8, 4) is 0 Å². The van der Waals surface area contributed by atoms with E-state index in [1.54, 1.807) is 0 Å². The topological polar surface area (TPSA) is 27.7 Å². The van der Waals surface area contributed by atoms with E-state index in [0.29, 0.717) is 13.2 Å². The summed E-state index contributed by atoms with van der Waals surface area (Å²) in [5, 5.41) is 0. The lowest BCUT2D eigenvalue weighted by Crippen LogP contribution is -2.16. The van der Waals surface area contributed by atoms with Crippen LogP contribution in [0.4, 0.5) is 0 Å². The fourth-order valence-electron chi connectivity index (χ4n) is 1.19. The number of rotatable bonds is 4. The van der Waals surface area contributed by atoms with E-state index in [1.807, 2.05) is 13.8 Å². The zero-order chi connectivity index (χ0) is 8.10. The molecule has 1 rings (SSSR count). The quantitative estimate of drug-likeness (QED) is 0.624. The third-order valence-corrected chi connectivity index (χ3v) is 1.65. The van der Waals surface area contributed by atoms with Gasteiger partial charge >= 0.3 is 0 Å². The summed E-state index contributed by atoms with van der Waals surface area (Å²) < 4.78 is 16.0. The first-order valence-corrected chi connectivity index (χ1v) is 4.25. The van der Waals surface area contributed by atoms with Crippen molar-refractivity contribution in [1.82, 2.24) is 0 Å². The van der Waals surface area contributed by atoms with Gasteiger partial charge < -0.3 is 14.2 Å². The molecule has 0 aliphatic carbocycles. The van der Waals surface area contributed by atoms with Gasteiger partial charge in [0.05, 0.1) is 0 Å². The Bertz CT molecular complexity index is 93.5.